The summed E-state index contributed by atoms with van der Waals surface area (Å²) in [6, 6.07) is 5.45. The van der Waals surface area contributed by atoms with Crippen molar-refractivity contribution in [1.29, 1.82) is 0 Å². The molecular formula is C9H6BrClN2O2. The Morgan fingerprint density at radius 3 is 2.80 bits per heavy atom. The Hall–Kier alpha value is -1.07. The average Bonchev–Trinajstić information content (AvgIpc) is 2.65. The van der Waals surface area contributed by atoms with Gasteiger partial charge in [-0.3, -0.25) is 0 Å². The van der Waals surface area contributed by atoms with Crippen LogP contribution in [-0.4, -0.2) is 17.3 Å². The van der Waals surface area contributed by atoms with Crippen LogP contribution in [0.15, 0.2) is 27.1 Å². The molecule has 2 aromatic rings. The van der Waals surface area contributed by atoms with Crippen molar-refractivity contribution < 1.29 is 9.15 Å². The topological polar surface area (TPSA) is 48.2 Å². The number of halogens is 2. The van der Waals surface area contributed by atoms with Crippen molar-refractivity contribution in [2.75, 3.05) is 7.11 Å². The summed E-state index contributed by atoms with van der Waals surface area (Å²) in [7, 11) is 1.59. The Balaban J connectivity index is 2.51. The molecule has 0 unspecified atom stereocenters. The molecule has 0 N–H and O–H groups in total. The normalized spacial score (nSPS) is 10.3. The molecule has 0 spiro atoms. The number of hydrogen-bond acceptors (Lipinski definition) is 4. The molecule has 0 aliphatic rings. The first-order valence-electron chi connectivity index (χ1n) is 4.03. The average molecular weight is 290 g/mol. The number of aromatic nitrogens is 2. The maximum Gasteiger partial charge on any atom is 0.313 e. The van der Waals surface area contributed by atoms with Crippen LogP contribution in [0, 0.1) is 0 Å². The number of hydrogen-bond donors (Lipinski definition) is 0. The van der Waals surface area contributed by atoms with E-state index in [1.165, 1.54) is 0 Å². The molecule has 78 valence electrons. The third-order valence-corrected chi connectivity index (χ3v) is 2.65. The lowest BCUT2D eigenvalue weighted by Crippen LogP contribution is -1.85. The molecule has 1 aromatic heterocycles. The van der Waals surface area contributed by atoms with Gasteiger partial charge in [0.2, 0.25) is 5.89 Å². The van der Waals surface area contributed by atoms with E-state index in [2.05, 4.69) is 26.1 Å². The number of methoxy groups -OCH3 is 1. The molecule has 0 radical (unpaired) electrons. The number of nitrogens with zero attached hydrogens (tertiary/aromatic N) is 2. The van der Waals surface area contributed by atoms with Crippen molar-refractivity contribution >= 4 is 27.5 Å². The van der Waals surface area contributed by atoms with Gasteiger partial charge < -0.3 is 9.15 Å². The van der Waals surface area contributed by atoms with E-state index in [9.17, 15) is 0 Å². The fourth-order valence-corrected chi connectivity index (χ4v) is 1.64. The molecule has 4 nitrogen and oxygen atoms in total. The summed E-state index contributed by atoms with van der Waals surface area (Å²) in [6.45, 7) is 0. The third kappa shape index (κ3) is 2.13. The number of ether oxygens (including phenoxy) is 1. The smallest absolute Gasteiger partial charge is 0.313 e. The summed E-state index contributed by atoms with van der Waals surface area (Å²) in [5, 5.41) is 7.38. The Bertz CT molecular complexity index is 487. The first-order valence-corrected chi connectivity index (χ1v) is 5.20. The second-order valence-electron chi connectivity index (χ2n) is 2.71. The highest BCUT2D eigenvalue weighted by atomic mass is 79.9. The Labute approximate surface area is 99.3 Å². The van der Waals surface area contributed by atoms with E-state index in [0.717, 1.165) is 10.0 Å². The molecular weight excluding hydrogens is 283 g/mol. The zero-order valence-corrected chi connectivity index (χ0v) is 10.0. The summed E-state index contributed by atoms with van der Waals surface area (Å²) < 4.78 is 11.0. The van der Waals surface area contributed by atoms with Crippen LogP contribution in [0.5, 0.6) is 5.75 Å². The molecule has 1 heterocycles. The lowest BCUT2D eigenvalue weighted by atomic mass is 10.2. The molecule has 2 rings (SSSR count). The van der Waals surface area contributed by atoms with E-state index in [-0.39, 0.29) is 5.35 Å². The van der Waals surface area contributed by atoms with Crippen molar-refractivity contribution in [3.05, 3.63) is 28.0 Å². The molecule has 0 saturated heterocycles. The third-order valence-electron chi connectivity index (χ3n) is 1.80. The molecule has 0 bridgehead atoms. The van der Waals surface area contributed by atoms with Gasteiger partial charge in [-0.2, -0.15) is 0 Å². The van der Waals surface area contributed by atoms with E-state index < -0.39 is 0 Å². The highest BCUT2D eigenvalue weighted by Gasteiger charge is 2.11. The first kappa shape index (κ1) is 10.4. The highest BCUT2D eigenvalue weighted by molar-refractivity contribution is 9.10. The zero-order valence-electron chi connectivity index (χ0n) is 7.70. The molecule has 6 heteroatoms. The zero-order chi connectivity index (χ0) is 10.8. The largest absolute Gasteiger partial charge is 0.497 e. The van der Waals surface area contributed by atoms with Crippen LogP contribution >= 0.6 is 27.5 Å². The SMILES string of the molecule is COc1ccc(Br)c(-c2nnc(Cl)o2)c1. The number of rotatable bonds is 2. The van der Waals surface area contributed by atoms with E-state index in [1.807, 2.05) is 12.1 Å². The van der Waals surface area contributed by atoms with E-state index in [1.54, 1.807) is 13.2 Å². The first-order chi connectivity index (χ1) is 7.20. The summed E-state index contributed by atoms with van der Waals surface area (Å²) in [5.74, 6) is 1.06. The maximum absolute atomic E-state index is 5.55. The molecule has 0 saturated carbocycles. The van der Waals surface area contributed by atoms with Crippen LogP contribution in [-0.2, 0) is 0 Å². The fourth-order valence-electron chi connectivity index (χ4n) is 1.11. The Kier molecular flexibility index (Phi) is 2.93. The van der Waals surface area contributed by atoms with Gasteiger partial charge in [-0.25, -0.2) is 0 Å². The minimum Gasteiger partial charge on any atom is -0.497 e. The van der Waals surface area contributed by atoms with Gasteiger partial charge in [-0.1, -0.05) is 5.10 Å². The van der Waals surface area contributed by atoms with Gasteiger partial charge in [0.1, 0.15) is 5.75 Å². The molecule has 15 heavy (non-hydrogen) atoms. The summed E-state index contributed by atoms with van der Waals surface area (Å²) in [5.41, 5.74) is 0.744. The van der Waals surface area contributed by atoms with Crippen molar-refractivity contribution in [1.82, 2.24) is 10.2 Å². The maximum atomic E-state index is 5.55. The minimum atomic E-state index is 0.0136. The van der Waals surface area contributed by atoms with Gasteiger partial charge in [0.05, 0.1) is 12.7 Å². The van der Waals surface area contributed by atoms with Crippen molar-refractivity contribution in [3.8, 4) is 17.2 Å². The fraction of sp³-hybridized carbons (Fsp3) is 0.111. The van der Waals surface area contributed by atoms with Crippen LogP contribution in [0.25, 0.3) is 11.5 Å². The van der Waals surface area contributed by atoms with Crippen molar-refractivity contribution in [2.24, 2.45) is 0 Å². The van der Waals surface area contributed by atoms with Gasteiger partial charge in [-0.05, 0) is 45.7 Å². The second kappa shape index (κ2) is 4.20. The lowest BCUT2D eigenvalue weighted by molar-refractivity contribution is 0.414. The molecule has 0 amide bonds. The van der Waals surface area contributed by atoms with Gasteiger partial charge in [0.15, 0.2) is 0 Å². The van der Waals surface area contributed by atoms with E-state index in [4.69, 9.17) is 20.8 Å². The van der Waals surface area contributed by atoms with Crippen LogP contribution in [0.3, 0.4) is 0 Å². The van der Waals surface area contributed by atoms with Crippen molar-refractivity contribution in [2.45, 2.75) is 0 Å². The van der Waals surface area contributed by atoms with Crippen LogP contribution < -0.4 is 4.74 Å². The van der Waals surface area contributed by atoms with E-state index in [0.29, 0.717) is 11.6 Å². The second-order valence-corrected chi connectivity index (χ2v) is 3.88. The monoisotopic (exact) mass is 288 g/mol. The van der Waals surface area contributed by atoms with Gasteiger partial charge in [-0.15, -0.1) is 5.10 Å². The molecule has 0 aliphatic heterocycles. The Morgan fingerprint density at radius 2 is 2.20 bits per heavy atom. The highest BCUT2D eigenvalue weighted by Crippen LogP contribution is 2.31. The quantitative estimate of drug-likeness (QED) is 0.852. The van der Waals surface area contributed by atoms with Gasteiger partial charge in [0, 0.05) is 4.47 Å². The minimum absolute atomic E-state index is 0.0136. The summed E-state index contributed by atoms with van der Waals surface area (Å²) >= 11 is 8.93. The predicted octanol–water partition coefficient (Wildman–Crippen LogP) is 3.16. The molecule has 0 aliphatic carbocycles. The van der Waals surface area contributed by atoms with E-state index >= 15 is 0 Å². The lowest BCUT2D eigenvalue weighted by Gasteiger charge is -2.02. The molecule has 0 fully saturated rings. The molecule has 0 atom stereocenters. The molecule has 1 aromatic carbocycles. The van der Waals surface area contributed by atoms with Crippen LogP contribution in [0.1, 0.15) is 0 Å². The standard InChI is InChI=1S/C9H6BrClN2O2/c1-14-5-2-3-7(10)6(4-5)8-12-13-9(11)15-8/h2-4H,1H3. The summed E-state index contributed by atoms with van der Waals surface area (Å²) in [4.78, 5) is 0. The van der Waals surface area contributed by atoms with Crippen molar-refractivity contribution in [3.63, 3.8) is 0 Å². The predicted molar refractivity (Wildman–Crippen MR) is 59.0 cm³/mol. The Morgan fingerprint density at radius 1 is 1.40 bits per heavy atom. The number of benzene rings is 1. The van der Waals surface area contributed by atoms with Crippen LogP contribution in [0.4, 0.5) is 0 Å². The van der Waals surface area contributed by atoms with Gasteiger partial charge >= 0.3 is 5.35 Å². The summed E-state index contributed by atoms with van der Waals surface area (Å²) in [6.07, 6.45) is 0. The van der Waals surface area contributed by atoms with Gasteiger partial charge in [0.25, 0.3) is 0 Å². The van der Waals surface area contributed by atoms with Crippen LogP contribution in [0.2, 0.25) is 5.35 Å².